The monoisotopic (exact) mass is 384 g/mol. The van der Waals surface area contributed by atoms with Crippen molar-refractivity contribution in [1.82, 2.24) is 10.2 Å². The number of thiophene rings is 1. The van der Waals surface area contributed by atoms with Gasteiger partial charge in [-0.25, -0.2) is 0 Å². The number of Topliss-reactive ketones (excluding diaryl/α,β-unsaturated/α-hetero) is 1. The summed E-state index contributed by atoms with van der Waals surface area (Å²) in [5, 5.41) is 5.13. The van der Waals surface area contributed by atoms with E-state index >= 15 is 0 Å². The molecule has 1 amide bonds. The fourth-order valence-corrected chi connectivity index (χ4v) is 4.39. The topological polar surface area (TPSA) is 49.4 Å². The molecule has 1 aromatic carbocycles. The van der Waals surface area contributed by atoms with Crippen LogP contribution in [0, 0.1) is 13.8 Å². The van der Waals surface area contributed by atoms with Crippen LogP contribution in [0.3, 0.4) is 0 Å². The van der Waals surface area contributed by atoms with Gasteiger partial charge in [-0.3, -0.25) is 14.5 Å². The molecule has 0 saturated carbocycles. The number of rotatable bonds is 8. The van der Waals surface area contributed by atoms with Crippen molar-refractivity contribution in [2.75, 3.05) is 19.6 Å². The summed E-state index contributed by atoms with van der Waals surface area (Å²) >= 11 is 1.74. The molecule has 0 bridgehead atoms. The molecule has 1 atom stereocenters. The first-order chi connectivity index (χ1) is 13.0. The predicted octanol–water partition coefficient (Wildman–Crippen LogP) is 4.28. The number of likely N-dealkylation sites (tertiary alicyclic amines) is 1. The standard InChI is InChI=1S/C22H28N2O2S/c1-16-7-8-18(14-17(16)2)20(25)9-10-22(26)23-15-19(21-6-5-13-27-21)24-11-3-4-12-24/h5-8,13-14,19H,3-4,9-12,15H2,1-2H3,(H,23,26). The third-order valence-electron chi connectivity index (χ3n) is 5.35. The number of hydrogen-bond acceptors (Lipinski definition) is 4. The minimum absolute atomic E-state index is 0.0302. The van der Waals surface area contributed by atoms with E-state index < -0.39 is 0 Å². The molecule has 1 fully saturated rings. The Bertz CT molecular complexity index is 780. The molecule has 1 saturated heterocycles. The van der Waals surface area contributed by atoms with Gasteiger partial charge in [0.2, 0.25) is 5.91 Å². The molecule has 0 spiro atoms. The molecule has 27 heavy (non-hydrogen) atoms. The van der Waals surface area contributed by atoms with Gasteiger partial charge in [0, 0.05) is 29.8 Å². The SMILES string of the molecule is Cc1ccc(C(=O)CCC(=O)NCC(c2cccs2)N2CCCC2)cc1C. The number of amides is 1. The van der Waals surface area contributed by atoms with E-state index in [9.17, 15) is 9.59 Å². The summed E-state index contributed by atoms with van der Waals surface area (Å²) in [5.41, 5.74) is 2.97. The first-order valence-electron chi connectivity index (χ1n) is 9.69. The molecule has 2 heterocycles. The summed E-state index contributed by atoms with van der Waals surface area (Å²) in [6.45, 7) is 6.81. The third-order valence-corrected chi connectivity index (χ3v) is 6.33. The highest BCUT2D eigenvalue weighted by Crippen LogP contribution is 2.27. The van der Waals surface area contributed by atoms with Crippen LogP contribution in [0.15, 0.2) is 35.7 Å². The van der Waals surface area contributed by atoms with Crippen molar-refractivity contribution in [1.29, 1.82) is 0 Å². The van der Waals surface area contributed by atoms with E-state index in [2.05, 4.69) is 27.7 Å². The third kappa shape index (κ3) is 5.27. The van der Waals surface area contributed by atoms with Crippen molar-refractivity contribution in [2.24, 2.45) is 0 Å². The summed E-state index contributed by atoms with van der Waals surface area (Å²) in [6.07, 6.45) is 2.94. The van der Waals surface area contributed by atoms with Crippen molar-refractivity contribution in [3.63, 3.8) is 0 Å². The lowest BCUT2D eigenvalue weighted by Crippen LogP contribution is -2.36. The summed E-state index contributed by atoms with van der Waals surface area (Å²) in [4.78, 5) is 28.4. The number of aryl methyl sites for hydroxylation is 2. The van der Waals surface area contributed by atoms with Crippen LogP contribution in [0.4, 0.5) is 0 Å². The number of nitrogens with one attached hydrogen (secondary N) is 1. The zero-order chi connectivity index (χ0) is 19.2. The molecular weight excluding hydrogens is 356 g/mol. The van der Waals surface area contributed by atoms with Gasteiger partial charge in [-0.2, -0.15) is 0 Å². The maximum atomic E-state index is 12.4. The molecule has 2 aromatic rings. The molecule has 5 heteroatoms. The van der Waals surface area contributed by atoms with Crippen LogP contribution in [0.2, 0.25) is 0 Å². The molecule has 1 aliphatic heterocycles. The quantitative estimate of drug-likeness (QED) is 0.691. The van der Waals surface area contributed by atoms with E-state index in [1.165, 1.54) is 23.3 Å². The van der Waals surface area contributed by atoms with E-state index in [-0.39, 0.29) is 30.6 Å². The van der Waals surface area contributed by atoms with Gasteiger partial charge in [-0.15, -0.1) is 11.3 Å². The van der Waals surface area contributed by atoms with Crippen LogP contribution in [-0.2, 0) is 4.79 Å². The number of hydrogen-bond donors (Lipinski definition) is 1. The van der Waals surface area contributed by atoms with Crippen molar-refractivity contribution < 1.29 is 9.59 Å². The number of ketones is 1. The number of nitrogens with zero attached hydrogens (tertiary/aromatic N) is 1. The highest BCUT2D eigenvalue weighted by atomic mass is 32.1. The van der Waals surface area contributed by atoms with Crippen LogP contribution in [0.25, 0.3) is 0 Å². The smallest absolute Gasteiger partial charge is 0.220 e. The second-order valence-corrected chi connectivity index (χ2v) is 8.28. The van der Waals surface area contributed by atoms with E-state index in [0.717, 1.165) is 18.7 Å². The molecule has 4 nitrogen and oxygen atoms in total. The lowest BCUT2D eigenvalue weighted by Gasteiger charge is -2.26. The largest absolute Gasteiger partial charge is 0.354 e. The second-order valence-electron chi connectivity index (χ2n) is 7.30. The summed E-state index contributed by atoms with van der Waals surface area (Å²) in [5.74, 6) is -0.0180. The van der Waals surface area contributed by atoms with Gasteiger partial charge in [0.05, 0.1) is 6.04 Å². The zero-order valence-electron chi connectivity index (χ0n) is 16.2. The highest BCUT2D eigenvalue weighted by molar-refractivity contribution is 7.10. The van der Waals surface area contributed by atoms with Crippen LogP contribution < -0.4 is 5.32 Å². The van der Waals surface area contributed by atoms with E-state index in [1.54, 1.807) is 11.3 Å². The molecular formula is C22H28N2O2S. The lowest BCUT2D eigenvalue weighted by atomic mass is 10.0. The minimum Gasteiger partial charge on any atom is -0.354 e. The van der Waals surface area contributed by atoms with Gasteiger partial charge in [0.15, 0.2) is 5.78 Å². The Morgan fingerprint density at radius 2 is 1.89 bits per heavy atom. The minimum atomic E-state index is -0.0482. The van der Waals surface area contributed by atoms with Gasteiger partial charge in [0.25, 0.3) is 0 Å². The van der Waals surface area contributed by atoms with Gasteiger partial charge >= 0.3 is 0 Å². The Balaban J connectivity index is 1.50. The molecule has 144 valence electrons. The predicted molar refractivity (Wildman–Crippen MR) is 110 cm³/mol. The Kier molecular flexibility index (Phi) is 6.80. The normalized spacial score (nSPS) is 15.6. The summed E-state index contributed by atoms with van der Waals surface area (Å²) in [6, 6.07) is 10.2. The summed E-state index contributed by atoms with van der Waals surface area (Å²) < 4.78 is 0. The molecule has 1 N–H and O–H groups in total. The van der Waals surface area contributed by atoms with E-state index in [1.807, 2.05) is 32.0 Å². The fourth-order valence-electron chi connectivity index (χ4n) is 3.53. The van der Waals surface area contributed by atoms with Crippen LogP contribution in [0.1, 0.15) is 58.1 Å². The van der Waals surface area contributed by atoms with Gasteiger partial charge in [-0.05, 0) is 68.4 Å². The Hall–Kier alpha value is -1.98. The maximum Gasteiger partial charge on any atom is 0.220 e. The fraction of sp³-hybridized carbons (Fsp3) is 0.455. The van der Waals surface area contributed by atoms with Crippen molar-refractivity contribution in [3.05, 3.63) is 57.3 Å². The molecule has 1 unspecified atom stereocenters. The van der Waals surface area contributed by atoms with Crippen LogP contribution in [0.5, 0.6) is 0 Å². The maximum absolute atomic E-state index is 12.4. The zero-order valence-corrected chi connectivity index (χ0v) is 17.0. The first-order valence-corrected chi connectivity index (χ1v) is 10.6. The van der Waals surface area contributed by atoms with Crippen LogP contribution >= 0.6 is 11.3 Å². The van der Waals surface area contributed by atoms with Gasteiger partial charge in [-0.1, -0.05) is 18.2 Å². The second kappa shape index (κ2) is 9.29. The molecule has 0 radical (unpaired) electrons. The molecule has 1 aliphatic rings. The van der Waals surface area contributed by atoms with Gasteiger partial charge < -0.3 is 5.32 Å². The number of benzene rings is 1. The Labute approximate surface area is 165 Å². The highest BCUT2D eigenvalue weighted by Gasteiger charge is 2.24. The van der Waals surface area contributed by atoms with Crippen molar-refractivity contribution in [3.8, 4) is 0 Å². The molecule has 0 aliphatic carbocycles. The molecule has 3 rings (SSSR count). The van der Waals surface area contributed by atoms with Gasteiger partial charge in [0.1, 0.15) is 0 Å². The van der Waals surface area contributed by atoms with Crippen molar-refractivity contribution in [2.45, 2.75) is 45.6 Å². The first kappa shape index (κ1) is 19.8. The average molecular weight is 385 g/mol. The number of carbonyl (C=O) groups excluding carboxylic acids is 2. The number of carbonyl (C=O) groups is 2. The summed E-state index contributed by atoms with van der Waals surface area (Å²) in [7, 11) is 0. The van der Waals surface area contributed by atoms with E-state index in [4.69, 9.17) is 0 Å². The molecule has 1 aromatic heterocycles. The Morgan fingerprint density at radius 1 is 1.11 bits per heavy atom. The van der Waals surface area contributed by atoms with E-state index in [0.29, 0.717) is 12.1 Å². The average Bonchev–Trinajstić information content (AvgIpc) is 3.36. The van der Waals surface area contributed by atoms with Crippen LogP contribution in [-0.4, -0.2) is 36.2 Å². The lowest BCUT2D eigenvalue weighted by molar-refractivity contribution is -0.121. The Morgan fingerprint density at radius 3 is 2.56 bits per heavy atom. The van der Waals surface area contributed by atoms with Crippen molar-refractivity contribution >= 4 is 23.0 Å².